The molecule has 82 valence electrons. The van der Waals surface area contributed by atoms with Crippen molar-refractivity contribution in [3.8, 4) is 0 Å². The van der Waals surface area contributed by atoms with Gasteiger partial charge < -0.3 is 0 Å². The minimum Gasteiger partial charge on any atom is -0.0827 e. The summed E-state index contributed by atoms with van der Waals surface area (Å²) < 4.78 is 0. The molecule has 0 radical (unpaired) electrons. The van der Waals surface area contributed by atoms with E-state index in [1.54, 1.807) is 0 Å². The second-order valence-corrected chi connectivity index (χ2v) is 6.57. The third-order valence-electron chi connectivity index (χ3n) is 3.40. The van der Waals surface area contributed by atoms with Crippen LogP contribution in [0.1, 0.15) is 45.2 Å². The molecule has 1 aromatic carbocycles. The van der Waals surface area contributed by atoms with E-state index in [1.165, 1.54) is 11.1 Å². The maximum atomic E-state index is 6.08. The highest BCUT2D eigenvalue weighted by atomic mass is 35.5. The minimum atomic E-state index is 0.201. The molecule has 2 rings (SSSR count). The van der Waals surface area contributed by atoms with Crippen LogP contribution in [-0.4, -0.2) is 0 Å². The van der Waals surface area contributed by atoms with Gasteiger partial charge in [-0.2, -0.15) is 0 Å². The molecule has 0 atom stereocenters. The number of fused-ring (bicyclic) bond motifs is 1. The summed E-state index contributed by atoms with van der Waals surface area (Å²) in [7, 11) is 0. The molecule has 0 amide bonds. The SMILES string of the molecule is CC1(C)CC(C)(C)c2cc(Cl)c(Cl)cc21. The van der Waals surface area contributed by atoms with Crippen molar-refractivity contribution in [1.82, 2.24) is 0 Å². The van der Waals surface area contributed by atoms with Crippen LogP contribution in [0.3, 0.4) is 0 Å². The molecule has 0 saturated heterocycles. The van der Waals surface area contributed by atoms with Gasteiger partial charge in [0.1, 0.15) is 0 Å². The van der Waals surface area contributed by atoms with E-state index in [0.29, 0.717) is 10.0 Å². The van der Waals surface area contributed by atoms with E-state index in [4.69, 9.17) is 23.2 Å². The van der Waals surface area contributed by atoms with Crippen molar-refractivity contribution in [3.63, 3.8) is 0 Å². The first-order chi connectivity index (χ1) is 6.74. The normalized spacial score (nSPS) is 21.5. The zero-order chi connectivity index (χ0) is 11.4. The van der Waals surface area contributed by atoms with Gasteiger partial charge in [-0.15, -0.1) is 0 Å². The molecule has 0 unspecified atom stereocenters. The lowest BCUT2D eigenvalue weighted by Crippen LogP contribution is -2.17. The van der Waals surface area contributed by atoms with Crippen LogP contribution in [-0.2, 0) is 10.8 Å². The highest BCUT2D eigenvalue weighted by Gasteiger charge is 2.42. The molecule has 0 aliphatic heterocycles. The molecule has 0 nitrogen and oxygen atoms in total. The molecule has 0 fully saturated rings. The highest BCUT2D eigenvalue weighted by Crippen LogP contribution is 2.50. The van der Waals surface area contributed by atoms with Gasteiger partial charge in [0.15, 0.2) is 0 Å². The summed E-state index contributed by atoms with van der Waals surface area (Å²) >= 11 is 12.2. The summed E-state index contributed by atoms with van der Waals surface area (Å²) in [5.74, 6) is 0. The van der Waals surface area contributed by atoms with Gasteiger partial charge in [0, 0.05) is 0 Å². The second kappa shape index (κ2) is 3.15. The van der Waals surface area contributed by atoms with Gasteiger partial charge in [0.2, 0.25) is 0 Å². The lowest BCUT2D eigenvalue weighted by molar-refractivity contribution is 0.403. The van der Waals surface area contributed by atoms with Crippen molar-refractivity contribution in [3.05, 3.63) is 33.3 Å². The largest absolute Gasteiger partial charge is 0.0827 e. The van der Waals surface area contributed by atoms with Crippen LogP contribution >= 0.6 is 23.2 Å². The summed E-state index contributed by atoms with van der Waals surface area (Å²) in [6, 6.07) is 4.07. The van der Waals surface area contributed by atoms with Crippen LogP contribution in [0.4, 0.5) is 0 Å². The van der Waals surface area contributed by atoms with Gasteiger partial charge >= 0.3 is 0 Å². The molecule has 0 saturated carbocycles. The molecular weight excluding hydrogens is 227 g/mol. The van der Waals surface area contributed by atoms with Gasteiger partial charge in [-0.3, -0.25) is 0 Å². The van der Waals surface area contributed by atoms with E-state index in [-0.39, 0.29) is 10.8 Å². The molecule has 0 aromatic heterocycles. The lowest BCUT2D eigenvalue weighted by atomic mass is 9.82. The number of hydrogen-bond acceptors (Lipinski definition) is 0. The smallest absolute Gasteiger partial charge is 0.0595 e. The fraction of sp³-hybridized carbons (Fsp3) is 0.538. The summed E-state index contributed by atoms with van der Waals surface area (Å²) in [5.41, 5.74) is 3.10. The molecule has 0 heterocycles. The Kier molecular flexibility index (Phi) is 2.37. The summed E-state index contributed by atoms with van der Waals surface area (Å²) in [5, 5.41) is 1.34. The summed E-state index contributed by atoms with van der Waals surface area (Å²) in [6.45, 7) is 9.07. The maximum absolute atomic E-state index is 6.08. The van der Waals surface area contributed by atoms with Crippen molar-refractivity contribution in [2.45, 2.75) is 44.9 Å². The fourth-order valence-corrected chi connectivity index (χ4v) is 3.29. The number of halogens is 2. The number of rotatable bonds is 0. The molecule has 0 spiro atoms. The van der Waals surface area contributed by atoms with Gasteiger partial charge in [0.25, 0.3) is 0 Å². The van der Waals surface area contributed by atoms with Crippen molar-refractivity contribution in [1.29, 1.82) is 0 Å². The molecule has 0 N–H and O–H groups in total. The Hall–Kier alpha value is -0.200. The predicted molar refractivity (Wildman–Crippen MR) is 67.1 cm³/mol. The Morgan fingerprint density at radius 2 is 1.20 bits per heavy atom. The maximum Gasteiger partial charge on any atom is 0.0595 e. The van der Waals surface area contributed by atoms with E-state index >= 15 is 0 Å². The van der Waals surface area contributed by atoms with Gasteiger partial charge in [-0.1, -0.05) is 50.9 Å². The third kappa shape index (κ3) is 1.68. The van der Waals surface area contributed by atoms with Crippen molar-refractivity contribution in [2.75, 3.05) is 0 Å². The van der Waals surface area contributed by atoms with Crippen LogP contribution in [0.2, 0.25) is 10.0 Å². The molecule has 2 heteroatoms. The first-order valence-corrected chi connectivity index (χ1v) is 6.00. The van der Waals surface area contributed by atoms with Gasteiger partial charge in [-0.05, 0) is 40.5 Å². The second-order valence-electron chi connectivity index (χ2n) is 5.76. The monoisotopic (exact) mass is 242 g/mol. The number of benzene rings is 1. The molecule has 1 aliphatic carbocycles. The Bertz CT molecular complexity index is 378. The van der Waals surface area contributed by atoms with E-state index in [1.807, 2.05) is 12.1 Å². The fourth-order valence-electron chi connectivity index (χ4n) is 2.96. The quantitative estimate of drug-likeness (QED) is 0.604. The zero-order valence-electron chi connectivity index (χ0n) is 9.62. The number of hydrogen-bond donors (Lipinski definition) is 0. The standard InChI is InChI=1S/C13H16Cl2/c1-12(2)7-13(3,4)9-6-11(15)10(14)5-8(9)12/h5-6H,7H2,1-4H3. The Labute approximate surface area is 102 Å². The third-order valence-corrected chi connectivity index (χ3v) is 4.12. The molecule has 1 aliphatic rings. The molecule has 15 heavy (non-hydrogen) atoms. The van der Waals surface area contributed by atoms with Crippen LogP contribution in [0, 0.1) is 0 Å². The Balaban J connectivity index is 2.71. The van der Waals surface area contributed by atoms with Crippen molar-refractivity contribution in [2.24, 2.45) is 0 Å². The molecule has 0 bridgehead atoms. The van der Waals surface area contributed by atoms with Crippen LogP contribution in [0.15, 0.2) is 12.1 Å². The van der Waals surface area contributed by atoms with Gasteiger partial charge in [0.05, 0.1) is 10.0 Å². The van der Waals surface area contributed by atoms with Crippen LogP contribution < -0.4 is 0 Å². The Morgan fingerprint density at radius 3 is 1.53 bits per heavy atom. The van der Waals surface area contributed by atoms with Crippen LogP contribution in [0.25, 0.3) is 0 Å². The van der Waals surface area contributed by atoms with Crippen LogP contribution in [0.5, 0.6) is 0 Å². The zero-order valence-corrected chi connectivity index (χ0v) is 11.1. The van der Waals surface area contributed by atoms with E-state index in [0.717, 1.165) is 6.42 Å². The molecular formula is C13H16Cl2. The summed E-state index contributed by atoms with van der Waals surface area (Å²) in [4.78, 5) is 0. The average Bonchev–Trinajstić information content (AvgIpc) is 2.21. The van der Waals surface area contributed by atoms with Crippen molar-refractivity contribution < 1.29 is 0 Å². The predicted octanol–water partition coefficient (Wildman–Crippen LogP) is 4.95. The lowest BCUT2D eigenvalue weighted by Gasteiger charge is -2.22. The molecule has 1 aromatic rings. The van der Waals surface area contributed by atoms with E-state index in [9.17, 15) is 0 Å². The van der Waals surface area contributed by atoms with Crippen molar-refractivity contribution >= 4 is 23.2 Å². The van der Waals surface area contributed by atoms with E-state index < -0.39 is 0 Å². The first kappa shape index (κ1) is 11.3. The topological polar surface area (TPSA) is 0 Å². The highest BCUT2D eigenvalue weighted by molar-refractivity contribution is 6.42. The van der Waals surface area contributed by atoms with E-state index in [2.05, 4.69) is 27.7 Å². The first-order valence-electron chi connectivity index (χ1n) is 5.24. The Morgan fingerprint density at radius 1 is 0.867 bits per heavy atom. The average molecular weight is 243 g/mol. The minimum absolute atomic E-state index is 0.201. The summed E-state index contributed by atoms with van der Waals surface area (Å²) in [6.07, 6.45) is 1.14. The van der Waals surface area contributed by atoms with Gasteiger partial charge in [-0.25, -0.2) is 0 Å².